The molecule has 2 atom stereocenters. The van der Waals surface area contributed by atoms with E-state index in [1.54, 1.807) is 7.11 Å². The zero-order valence-electron chi connectivity index (χ0n) is 5.42. The van der Waals surface area contributed by atoms with Gasteiger partial charge in [-0.05, 0) is 0 Å². The molecule has 9 heavy (non-hydrogen) atoms. The van der Waals surface area contributed by atoms with Crippen LogP contribution < -0.4 is 10.8 Å². The predicted molar refractivity (Wildman–Crippen MR) is 32.4 cm³/mol. The predicted octanol–water partition coefficient (Wildman–Crippen LogP) is -1.05. The molecule has 1 aliphatic rings. The van der Waals surface area contributed by atoms with Gasteiger partial charge in [-0.3, -0.25) is 0 Å². The van der Waals surface area contributed by atoms with Gasteiger partial charge in [0.25, 0.3) is 0 Å². The van der Waals surface area contributed by atoms with Gasteiger partial charge in [-0.15, -0.1) is 0 Å². The molecule has 4 nitrogen and oxygen atoms in total. The smallest absolute Gasteiger partial charge is 0.0883 e. The lowest BCUT2D eigenvalue weighted by molar-refractivity contribution is 0.0375. The Morgan fingerprint density at radius 1 is 1.67 bits per heavy atom. The van der Waals surface area contributed by atoms with E-state index < -0.39 is 0 Å². The lowest BCUT2D eigenvalue weighted by atomic mass is 10.2. The SMILES string of the molecule is COC1CNCC1NO. The zero-order valence-corrected chi connectivity index (χ0v) is 5.42. The highest BCUT2D eigenvalue weighted by atomic mass is 16.5. The molecule has 0 amide bonds. The summed E-state index contributed by atoms with van der Waals surface area (Å²) in [5.74, 6) is 0. The van der Waals surface area contributed by atoms with Gasteiger partial charge in [0, 0.05) is 20.2 Å². The van der Waals surface area contributed by atoms with Crippen molar-refractivity contribution in [3.8, 4) is 0 Å². The molecule has 4 heteroatoms. The Bertz CT molecular complexity index is 79.0. The van der Waals surface area contributed by atoms with Crippen molar-refractivity contribution < 1.29 is 9.94 Å². The summed E-state index contributed by atoms with van der Waals surface area (Å²) in [6.07, 6.45) is 0.106. The second kappa shape index (κ2) is 3.12. The number of nitrogens with one attached hydrogen (secondary N) is 2. The molecule has 1 saturated heterocycles. The quantitative estimate of drug-likeness (QED) is 0.420. The lowest BCUT2D eigenvalue weighted by Gasteiger charge is -2.13. The molecule has 0 aromatic heterocycles. The third-order valence-corrected chi connectivity index (χ3v) is 1.63. The Hall–Kier alpha value is -0.160. The maximum absolute atomic E-state index is 8.50. The van der Waals surface area contributed by atoms with Crippen molar-refractivity contribution >= 4 is 0 Å². The number of ether oxygens (including phenoxy) is 1. The van der Waals surface area contributed by atoms with Gasteiger partial charge in [-0.25, -0.2) is 0 Å². The van der Waals surface area contributed by atoms with Crippen molar-refractivity contribution in [3.63, 3.8) is 0 Å². The Morgan fingerprint density at radius 2 is 2.44 bits per heavy atom. The van der Waals surface area contributed by atoms with Crippen LogP contribution in [0, 0.1) is 0 Å². The average Bonchev–Trinajstić information content (AvgIpc) is 2.33. The average molecular weight is 132 g/mol. The highest BCUT2D eigenvalue weighted by Crippen LogP contribution is 2.01. The van der Waals surface area contributed by atoms with Crippen LogP contribution >= 0.6 is 0 Å². The summed E-state index contributed by atoms with van der Waals surface area (Å²) >= 11 is 0. The van der Waals surface area contributed by atoms with Gasteiger partial charge < -0.3 is 15.3 Å². The molecule has 1 aliphatic heterocycles. The van der Waals surface area contributed by atoms with Crippen LogP contribution in [-0.4, -0.2) is 37.6 Å². The molecule has 54 valence electrons. The van der Waals surface area contributed by atoms with Crippen LogP contribution in [0.3, 0.4) is 0 Å². The van der Waals surface area contributed by atoms with E-state index in [2.05, 4.69) is 10.8 Å². The minimum Gasteiger partial charge on any atom is -0.378 e. The van der Waals surface area contributed by atoms with E-state index in [1.165, 1.54) is 0 Å². The Balaban J connectivity index is 2.32. The molecule has 2 unspecified atom stereocenters. The van der Waals surface area contributed by atoms with Crippen LogP contribution in [0.2, 0.25) is 0 Å². The first-order valence-corrected chi connectivity index (χ1v) is 3.01. The second-order valence-corrected chi connectivity index (χ2v) is 2.17. The highest BCUT2D eigenvalue weighted by Gasteiger charge is 2.25. The molecule has 1 rings (SSSR count). The summed E-state index contributed by atoms with van der Waals surface area (Å²) in [5, 5.41) is 11.6. The number of rotatable bonds is 2. The third-order valence-electron chi connectivity index (χ3n) is 1.63. The first-order chi connectivity index (χ1) is 4.38. The first-order valence-electron chi connectivity index (χ1n) is 3.01. The monoisotopic (exact) mass is 132 g/mol. The molecule has 0 aromatic carbocycles. The molecule has 0 aromatic rings. The third kappa shape index (κ3) is 1.40. The Kier molecular flexibility index (Phi) is 2.41. The number of hydrogen-bond acceptors (Lipinski definition) is 4. The number of methoxy groups -OCH3 is 1. The standard InChI is InChI=1S/C5H12N2O2/c1-9-5-3-6-2-4(5)7-8/h4-8H,2-3H2,1H3. The molecule has 0 saturated carbocycles. The molecule has 0 aliphatic carbocycles. The first kappa shape index (κ1) is 6.95. The van der Waals surface area contributed by atoms with Gasteiger partial charge >= 0.3 is 0 Å². The molecular formula is C5H12N2O2. The lowest BCUT2D eigenvalue weighted by Crippen LogP contribution is -2.37. The van der Waals surface area contributed by atoms with E-state index in [1.807, 2.05) is 0 Å². The Labute approximate surface area is 54.2 Å². The van der Waals surface area contributed by atoms with Crippen molar-refractivity contribution in [2.24, 2.45) is 0 Å². The van der Waals surface area contributed by atoms with Crippen LogP contribution in [0.5, 0.6) is 0 Å². The number of hydrogen-bond donors (Lipinski definition) is 3. The molecule has 0 radical (unpaired) electrons. The maximum atomic E-state index is 8.50. The summed E-state index contributed by atoms with van der Waals surface area (Å²) in [6.45, 7) is 1.59. The van der Waals surface area contributed by atoms with Gasteiger partial charge in [0.1, 0.15) is 0 Å². The van der Waals surface area contributed by atoms with Crippen LogP contribution in [0.25, 0.3) is 0 Å². The molecule has 1 fully saturated rings. The van der Waals surface area contributed by atoms with Crippen molar-refractivity contribution in [1.82, 2.24) is 10.8 Å². The minimum atomic E-state index is 0.0509. The maximum Gasteiger partial charge on any atom is 0.0883 e. The van der Waals surface area contributed by atoms with Crippen molar-refractivity contribution in [3.05, 3.63) is 0 Å². The van der Waals surface area contributed by atoms with Gasteiger partial charge in [0.05, 0.1) is 12.1 Å². The van der Waals surface area contributed by atoms with Crippen molar-refractivity contribution in [2.75, 3.05) is 20.2 Å². The summed E-state index contributed by atoms with van der Waals surface area (Å²) < 4.78 is 5.03. The van der Waals surface area contributed by atoms with E-state index in [0.717, 1.165) is 13.1 Å². The van der Waals surface area contributed by atoms with Crippen LogP contribution in [-0.2, 0) is 4.74 Å². The zero-order chi connectivity index (χ0) is 6.69. The fraction of sp³-hybridized carbons (Fsp3) is 1.00. The van der Waals surface area contributed by atoms with Gasteiger partial charge in [-0.1, -0.05) is 0 Å². The Morgan fingerprint density at radius 3 is 2.89 bits per heavy atom. The molecule has 0 bridgehead atoms. The van der Waals surface area contributed by atoms with Crippen molar-refractivity contribution in [1.29, 1.82) is 0 Å². The van der Waals surface area contributed by atoms with E-state index >= 15 is 0 Å². The fourth-order valence-corrected chi connectivity index (χ4v) is 1.03. The minimum absolute atomic E-state index is 0.0509. The summed E-state index contributed by atoms with van der Waals surface area (Å²) in [5.41, 5.74) is 2.18. The van der Waals surface area contributed by atoms with Crippen LogP contribution in [0.15, 0.2) is 0 Å². The summed E-state index contributed by atoms with van der Waals surface area (Å²) in [6, 6.07) is 0.0509. The van der Waals surface area contributed by atoms with Crippen LogP contribution in [0.4, 0.5) is 0 Å². The van der Waals surface area contributed by atoms with E-state index in [0.29, 0.717) is 0 Å². The van der Waals surface area contributed by atoms with Gasteiger partial charge in [0.2, 0.25) is 0 Å². The van der Waals surface area contributed by atoms with Gasteiger partial charge in [0.15, 0.2) is 0 Å². The summed E-state index contributed by atoms with van der Waals surface area (Å²) in [7, 11) is 1.64. The number of hydroxylamine groups is 1. The summed E-state index contributed by atoms with van der Waals surface area (Å²) in [4.78, 5) is 0. The second-order valence-electron chi connectivity index (χ2n) is 2.17. The van der Waals surface area contributed by atoms with Crippen LogP contribution in [0.1, 0.15) is 0 Å². The molecule has 3 N–H and O–H groups in total. The topological polar surface area (TPSA) is 53.5 Å². The largest absolute Gasteiger partial charge is 0.378 e. The molecule has 0 spiro atoms. The van der Waals surface area contributed by atoms with Gasteiger partial charge in [-0.2, -0.15) is 5.48 Å². The van der Waals surface area contributed by atoms with E-state index in [-0.39, 0.29) is 12.1 Å². The highest BCUT2D eigenvalue weighted by molar-refractivity contribution is 4.84. The normalized spacial score (nSPS) is 35.3. The fourth-order valence-electron chi connectivity index (χ4n) is 1.03. The van der Waals surface area contributed by atoms with Crippen molar-refractivity contribution in [2.45, 2.75) is 12.1 Å². The van der Waals surface area contributed by atoms with E-state index in [4.69, 9.17) is 9.94 Å². The molecular weight excluding hydrogens is 120 g/mol. The van der Waals surface area contributed by atoms with E-state index in [9.17, 15) is 0 Å². The molecule has 1 heterocycles.